The Morgan fingerprint density at radius 2 is 1.27 bits per heavy atom. The zero-order valence-corrected chi connectivity index (χ0v) is 23.9. The van der Waals surface area contributed by atoms with E-state index in [0.717, 1.165) is 22.3 Å². The van der Waals surface area contributed by atoms with E-state index in [1.807, 2.05) is 48.5 Å². The molecule has 0 spiro atoms. The first kappa shape index (κ1) is 30.9. The molecule has 3 amide bonds. The zero-order valence-electron chi connectivity index (χ0n) is 23.9. The van der Waals surface area contributed by atoms with E-state index >= 15 is 0 Å². The third-order valence-corrected chi connectivity index (χ3v) is 5.60. The van der Waals surface area contributed by atoms with E-state index in [-0.39, 0.29) is 12.5 Å². The van der Waals surface area contributed by atoms with Crippen molar-refractivity contribution in [2.45, 2.75) is 64.7 Å². The average molecular weight is 569 g/mol. The van der Waals surface area contributed by atoms with Crippen LogP contribution in [0.15, 0.2) is 53.5 Å². The molecule has 1 atom stereocenters. The number of carbonyl (C=O) groups excluding carboxylic acids is 3. The van der Waals surface area contributed by atoms with Gasteiger partial charge in [-0.3, -0.25) is 10.6 Å². The lowest BCUT2D eigenvalue weighted by molar-refractivity contribution is -0.139. The predicted molar refractivity (Wildman–Crippen MR) is 151 cm³/mol. The van der Waals surface area contributed by atoms with Gasteiger partial charge in [-0.25, -0.2) is 24.2 Å². The van der Waals surface area contributed by atoms with Crippen molar-refractivity contribution in [2.24, 2.45) is 4.99 Å². The third kappa shape index (κ3) is 9.23. The second-order valence-electron chi connectivity index (χ2n) is 11.3. The van der Waals surface area contributed by atoms with Crippen molar-refractivity contribution in [3.63, 3.8) is 0 Å². The number of ether oxygens (including phenoxy) is 3. The normalized spacial score (nSPS) is 13.1. The summed E-state index contributed by atoms with van der Waals surface area (Å²) < 4.78 is 15.8. The quantitative estimate of drug-likeness (QED) is 0.226. The molecular weight excluding hydrogens is 532 g/mol. The summed E-state index contributed by atoms with van der Waals surface area (Å²) in [6.45, 7) is 9.29. The summed E-state index contributed by atoms with van der Waals surface area (Å²) in [5.41, 5.74) is 2.42. The number of carboxylic acid groups (broad SMARTS) is 1. The highest BCUT2D eigenvalue weighted by Gasteiger charge is 2.30. The molecule has 0 fully saturated rings. The van der Waals surface area contributed by atoms with Crippen molar-refractivity contribution in [1.29, 1.82) is 0 Å². The molecule has 3 rings (SSSR count). The molecule has 2 aromatic carbocycles. The Kier molecular flexibility index (Phi) is 9.59. The van der Waals surface area contributed by atoms with E-state index in [1.54, 1.807) is 41.5 Å². The van der Waals surface area contributed by atoms with Gasteiger partial charge in [0.2, 0.25) is 5.96 Å². The van der Waals surface area contributed by atoms with Crippen LogP contribution in [-0.4, -0.2) is 65.7 Å². The Bertz CT molecular complexity index is 1250. The molecule has 12 heteroatoms. The number of amides is 3. The summed E-state index contributed by atoms with van der Waals surface area (Å²) in [7, 11) is 0. The number of guanidine groups is 1. The maximum Gasteiger partial charge on any atom is 0.414 e. The van der Waals surface area contributed by atoms with Crippen molar-refractivity contribution in [3.8, 4) is 11.1 Å². The van der Waals surface area contributed by atoms with Gasteiger partial charge >= 0.3 is 24.2 Å². The number of hydrogen-bond donors (Lipinski definition) is 4. The summed E-state index contributed by atoms with van der Waals surface area (Å²) >= 11 is 0. The lowest BCUT2D eigenvalue weighted by atomic mass is 9.98. The van der Waals surface area contributed by atoms with E-state index in [9.17, 15) is 24.3 Å². The first-order valence-electron chi connectivity index (χ1n) is 13.0. The maximum atomic E-state index is 12.6. The van der Waals surface area contributed by atoms with Crippen LogP contribution in [-0.2, 0) is 19.0 Å². The monoisotopic (exact) mass is 568 g/mol. The van der Waals surface area contributed by atoms with Crippen molar-refractivity contribution in [1.82, 2.24) is 16.0 Å². The fourth-order valence-corrected chi connectivity index (χ4v) is 4.06. The third-order valence-electron chi connectivity index (χ3n) is 5.60. The molecule has 1 aliphatic carbocycles. The topological polar surface area (TPSA) is 165 Å². The van der Waals surface area contributed by atoms with E-state index in [2.05, 4.69) is 20.9 Å². The van der Waals surface area contributed by atoms with Gasteiger partial charge in [0.25, 0.3) is 0 Å². The second kappa shape index (κ2) is 12.7. The molecule has 2 aromatic rings. The number of nitrogens with one attached hydrogen (secondary N) is 3. The largest absolute Gasteiger partial charge is 0.480 e. The maximum absolute atomic E-state index is 12.6. The van der Waals surface area contributed by atoms with Gasteiger partial charge < -0.3 is 24.6 Å². The summed E-state index contributed by atoms with van der Waals surface area (Å²) in [4.78, 5) is 53.0. The fourth-order valence-electron chi connectivity index (χ4n) is 4.06. The lowest BCUT2D eigenvalue weighted by Crippen LogP contribution is -2.49. The minimum atomic E-state index is -1.54. The second-order valence-corrected chi connectivity index (χ2v) is 11.3. The molecule has 4 N–H and O–H groups in total. The first-order valence-corrected chi connectivity index (χ1v) is 13.0. The molecule has 41 heavy (non-hydrogen) atoms. The van der Waals surface area contributed by atoms with Crippen LogP contribution < -0.4 is 16.0 Å². The average Bonchev–Trinajstić information content (AvgIpc) is 3.16. The van der Waals surface area contributed by atoms with Gasteiger partial charge in [0.15, 0.2) is 0 Å². The van der Waals surface area contributed by atoms with Crippen LogP contribution in [0.25, 0.3) is 11.1 Å². The van der Waals surface area contributed by atoms with E-state index < -0.39 is 54.0 Å². The molecule has 0 radical (unpaired) electrons. The SMILES string of the molecule is CC(C)(C)OC(=O)NC(=NCC(NC(=O)OCC1c2ccccc2-c2ccccc21)C(=O)O)NC(=O)OC(C)(C)C. The summed E-state index contributed by atoms with van der Waals surface area (Å²) in [6.07, 6.45) is -2.84. The summed E-state index contributed by atoms with van der Waals surface area (Å²) in [6, 6.07) is 14.1. The van der Waals surface area contributed by atoms with Gasteiger partial charge in [-0.2, -0.15) is 0 Å². The Hall–Kier alpha value is -4.61. The number of aliphatic carboxylic acids is 1. The first-order chi connectivity index (χ1) is 19.1. The molecule has 0 saturated heterocycles. The number of alkyl carbamates (subject to hydrolysis) is 3. The van der Waals surface area contributed by atoms with Gasteiger partial charge in [0, 0.05) is 5.92 Å². The molecule has 0 aromatic heterocycles. The van der Waals surface area contributed by atoms with Gasteiger partial charge in [-0.15, -0.1) is 0 Å². The number of rotatable bonds is 6. The molecular formula is C29H36N4O8. The van der Waals surface area contributed by atoms with Crippen molar-refractivity contribution >= 4 is 30.2 Å². The summed E-state index contributed by atoms with van der Waals surface area (Å²) in [5, 5.41) is 16.5. The van der Waals surface area contributed by atoms with Gasteiger partial charge in [-0.1, -0.05) is 48.5 Å². The highest BCUT2D eigenvalue weighted by molar-refractivity contribution is 6.01. The number of fused-ring (bicyclic) bond motifs is 3. The number of hydrogen-bond acceptors (Lipinski definition) is 8. The molecule has 0 bridgehead atoms. The summed E-state index contributed by atoms with van der Waals surface area (Å²) in [5.74, 6) is -2.04. The highest BCUT2D eigenvalue weighted by Crippen LogP contribution is 2.44. The van der Waals surface area contributed by atoms with Gasteiger partial charge in [0.05, 0.1) is 6.54 Å². The highest BCUT2D eigenvalue weighted by atomic mass is 16.6. The molecule has 1 aliphatic rings. The standard InChI is InChI=1S/C29H36N4O8/c1-28(2,3)40-26(37)32-24(33-27(38)41-29(4,5)6)30-15-22(23(34)35)31-25(36)39-16-21-19-13-9-7-11-17(19)18-12-8-10-14-20(18)21/h7-14,21-22H,15-16H2,1-6H3,(H,31,36)(H,34,35)(H2,30,32,33,37,38). The molecule has 220 valence electrons. The Balaban J connectivity index is 1.68. The van der Waals surface area contributed by atoms with E-state index in [0.29, 0.717) is 0 Å². The van der Waals surface area contributed by atoms with Crippen molar-refractivity contribution in [3.05, 3.63) is 59.7 Å². The molecule has 0 heterocycles. The van der Waals surface area contributed by atoms with E-state index in [4.69, 9.17) is 14.2 Å². The van der Waals surface area contributed by atoms with Crippen LogP contribution in [0.3, 0.4) is 0 Å². The Morgan fingerprint density at radius 3 is 1.71 bits per heavy atom. The predicted octanol–water partition coefficient (Wildman–Crippen LogP) is 4.38. The molecule has 0 saturated carbocycles. The number of aliphatic imine (C=N–C) groups is 1. The minimum Gasteiger partial charge on any atom is -0.480 e. The Morgan fingerprint density at radius 1 is 0.805 bits per heavy atom. The van der Waals surface area contributed by atoms with Crippen LogP contribution in [0.4, 0.5) is 14.4 Å². The van der Waals surface area contributed by atoms with Crippen LogP contribution in [0.1, 0.15) is 58.6 Å². The Labute approximate surface area is 238 Å². The zero-order chi connectivity index (χ0) is 30.4. The van der Waals surface area contributed by atoms with Crippen LogP contribution >= 0.6 is 0 Å². The number of carbonyl (C=O) groups is 4. The van der Waals surface area contributed by atoms with E-state index in [1.165, 1.54) is 0 Å². The molecule has 1 unspecified atom stereocenters. The minimum absolute atomic E-state index is 0.0128. The number of nitrogens with zero attached hydrogens (tertiary/aromatic N) is 1. The van der Waals surface area contributed by atoms with Crippen molar-refractivity contribution < 1.29 is 38.5 Å². The van der Waals surface area contributed by atoms with Gasteiger partial charge in [-0.05, 0) is 63.8 Å². The lowest BCUT2D eigenvalue weighted by Gasteiger charge is -2.22. The van der Waals surface area contributed by atoms with Crippen LogP contribution in [0, 0.1) is 0 Å². The van der Waals surface area contributed by atoms with Crippen molar-refractivity contribution in [2.75, 3.05) is 13.2 Å². The van der Waals surface area contributed by atoms with Gasteiger partial charge in [0.1, 0.15) is 23.9 Å². The number of benzene rings is 2. The molecule has 12 nitrogen and oxygen atoms in total. The fraction of sp³-hybridized carbons (Fsp3) is 0.414. The van der Waals surface area contributed by atoms with Crippen LogP contribution in [0.5, 0.6) is 0 Å². The smallest absolute Gasteiger partial charge is 0.414 e. The molecule has 0 aliphatic heterocycles. The van der Waals surface area contributed by atoms with Crippen LogP contribution in [0.2, 0.25) is 0 Å². The number of carboxylic acids is 1.